The predicted octanol–water partition coefficient (Wildman–Crippen LogP) is 1.24. The maximum atomic E-state index is 12.2. The topological polar surface area (TPSA) is 112 Å². The molecule has 0 saturated heterocycles. The zero-order valence-corrected chi connectivity index (χ0v) is 13.9. The molecular formula is C16H17N7O2. The Labute approximate surface area is 143 Å². The van der Waals surface area contributed by atoms with Gasteiger partial charge in [0.15, 0.2) is 5.82 Å². The number of nitrogens with one attached hydrogen (secondary N) is 1. The number of fused-ring (bicyclic) bond motifs is 1. The molecular weight excluding hydrogens is 322 g/mol. The molecule has 1 aliphatic rings. The van der Waals surface area contributed by atoms with Crippen molar-refractivity contribution in [2.24, 2.45) is 7.05 Å². The van der Waals surface area contributed by atoms with E-state index in [9.17, 15) is 4.79 Å². The van der Waals surface area contributed by atoms with Crippen molar-refractivity contribution in [3.05, 3.63) is 41.0 Å². The van der Waals surface area contributed by atoms with Crippen LogP contribution in [0.1, 0.15) is 47.0 Å². The minimum Gasteiger partial charge on any atom is -0.342 e. The molecule has 1 aliphatic carbocycles. The molecule has 0 fully saturated rings. The van der Waals surface area contributed by atoms with Crippen LogP contribution in [0, 0.1) is 0 Å². The van der Waals surface area contributed by atoms with Gasteiger partial charge in [0.05, 0.1) is 13.1 Å². The molecule has 2 heterocycles. The molecule has 0 unspecified atom stereocenters. The first-order valence-corrected chi connectivity index (χ1v) is 8.14. The van der Waals surface area contributed by atoms with Gasteiger partial charge in [-0.3, -0.25) is 4.79 Å². The first-order chi connectivity index (χ1) is 12.1. The fourth-order valence-electron chi connectivity index (χ4n) is 3.01. The predicted molar refractivity (Wildman–Crippen MR) is 86.4 cm³/mol. The Morgan fingerprint density at radius 2 is 2.32 bits per heavy atom. The number of carbonyl (C=O) groups excluding carboxylic acids is 1. The van der Waals surface area contributed by atoms with Crippen molar-refractivity contribution in [2.45, 2.75) is 32.2 Å². The maximum absolute atomic E-state index is 12.2. The van der Waals surface area contributed by atoms with Crippen LogP contribution in [0.3, 0.4) is 0 Å². The van der Waals surface area contributed by atoms with Crippen LogP contribution < -0.4 is 5.32 Å². The lowest BCUT2D eigenvalue weighted by Crippen LogP contribution is -2.28. The van der Waals surface area contributed by atoms with Crippen LogP contribution in [0.2, 0.25) is 0 Å². The van der Waals surface area contributed by atoms with E-state index in [-0.39, 0.29) is 17.8 Å². The summed E-state index contributed by atoms with van der Waals surface area (Å²) >= 11 is 0. The first-order valence-electron chi connectivity index (χ1n) is 8.14. The van der Waals surface area contributed by atoms with Crippen LogP contribution in [0.25, 0.3) is 11.5 Å². The molecule has 0 aliphatic heterocycles. The molecule has 9 heteroatoms. The van der Waals surface area contributed by atoms with Gasteiger partial charge in [0.1, 0.15) is 0 Å². The molecule has 1 aromatic carbocycles. The van der Waals surface area contributed by atoms with Gasteiger partial charge in [0, 0.05) is 12.0 Å². The fraction of sp³-hybridized carbons (Fsp3) is 0.375. The van der Waals surface area contributed by atoms with E-state index in [1.807, 2.05) is 19.1 Å². The minimum absolute atomic E-state index is 0.0609. The number of amides is 1. The van der Waals surface area contributed by atoms with Gasteiger partial charge in [-0.2, -0.15) is 9.78 Å². The SMILES string of the molecule is CCc1noc(-c2ccc3c(c2)CC[C@H]3NC(=O)c2nnn(C)n2)n1. The van der Waals surface area contributed by atoms with Gasteiger partial charge in [-0.05, 0) is 41.3 Å². The van der Waals surface area contributed by atoms with Crippen LogP contribution in [-0.4, -0.2) is 36.3 Å². The third-order valence-corrected chi connectivity index (χ3v) is 4.27. The van der Waals surface area contributed by atoms with Crippen LogP contribution in [0.15, 0.2) is 22.7 Å². The smallest absolute Gasteiger partial charge is 0.293 e. The van der Waals surface area contributed by atoms with Gasteiger partial charge in [0.25, 0.3) is 17.6 Å². The molecule has 2 aromatic heterocycles. The number of nitrogens with zero attached hydrogens (tertiary/aromatic N) is 6. The Hall–Kier alpha value is -3.10. The molecule has 0 radical (unpaired) electrons. The molecule has 0 bridgehead atoms. The summed E-state index contributed by atoms with van der Waals surface area (Å²) in [5.41, 5.74) is 3.16. The van der Waals surface area contributed by atoms with E-state index in [1.54, 1.807) is 7.05 Å². The molecule has 1 atom stereocenters. The van der Waals surface area contributed by atoms with Crippen molar-refractivity contribution in [3.8, 4) is 11.5 Å². The molecule has 1 amide bonds. The van der Waals surface area contributed by atoms with E-state index < -0.39 is 0 Å². The average molecular weight is 339 g/mol. The summed E-state index contributed by atoms with van der Waals surface area (Å²) in [6.45, 7) is 1.98. The second-order valence-electron chi connectivity index (χ2n) is 5.95. The van der Waals surface area contributed by atoms with Crippen molar-refractivity contribution in [2.75, 3.05) is 0 Å². The summed E-state index contributed by atoms with van der Waals surface area (Å²) in [4.78, 5) is 17.8. The third kappa shape index (κ3) is 2.88. The van der Waals surface area contributed by atoms with Crippen LogP contribution in [0.5, 0.6) is 0 Å². The minimum atomic E-state index is -0.320. The standard InChI is InChI=1S/C16H17N7O2/c1-3-13-18-16(25-21-13)10-4-6-11-9(8-10)5-7-12(11)17-15(24)14-19-22-23(2)20-14/h4,6,8,12H,3,5,7H2,1-2H3,(H,17,24)/t12-/m1/s1. The van der Waals surface area contributed by atoms with Crippen LogP contribution in [-0.2, 0) is 19.9 Å². The highest BCUT2D eigenvalue weighted by Crippen LogP contribution is 2.34. The van der Waals surface area contributed by atoms with Crippen molar-refractivity contribution < 1.29 is 9.32 Å². The lowest BCUT2D eigenvalue weighted by Gasteiger charge is -2.12. The number of carbonyl (C=O) groups is 1. The second-order valence-corrected chi connectivity index (χ2v) is 5.95. The Morgan fingerprint density at radius 1 is 1.44 bits per heavy atom. The van der Waals surface area contributed by atoms with Crippen LogP contribution in [0.4, 0.5) is 0 Å². The summed E-state index contributed by atoms with van der Waals surface area (Å²) in [5.74, 6) is 0.970. The quantitative estimate of drug-likeness (QED) is 0.761. The van der Waals surface area contributed by atoms with Gasteiger partial charge in [0.2, 0.25) is 0 Å². The second kappa shape index (κ2) is 6.08. The number of aryl methyl sites for hydroxylation is 3. The monoisotopic (exact) mass is 339 g/mol. The number of benzene rings is 1. The lowest BCUT2D eigenvalue weighted by molar-refractivity contribution is 0.0926. The highest BCUT2D eigenvalue weighted by atomic mass is 16.5. The van der Waals surface area contributed by atoms with E-state index in [0.717, 1.165) is 30.4 Å². The third-order valence-electron chi connectivity index (χ3n) is 4.27. The average Bonchev–Trinajstić information content (AvgIpc) is 3.34. The molecule has 4 rings (SSSR count). The normalized spacial score (nSPS) is 16.0. The number of rotatable bonds is 4. The van der Waals surface area contributed by atoms with Gasteiger partial charge in [-0.15, -0.1) is 10.2 Å². The van der Waals surface area contributed by atoms with Gasteiger partial charge in [-0.25, -0.2) is 0 Å². The van der Waals surface area contributed by atoms with E-state index in [2.05, 4.69) is 36.9 Å². The van der Waals surface area contributed by atoms with Crippen molar-refractivity contribution in [1.82, 2.24) is 35.7 Å². The Balaban J connectivity index is 1.54. The Bertz CT molecular complexity index is 930. The Kier molecular flexibility index (Phi) is 3.75. The first kappa shape index (κ1) is 15.4. The van der Waals surface area contributed by atoms with Crippen LogP contribution >= 0.6 is 0 Å². The zero-order chi connectivity index (χ0) is 17.4. The fourth-order valence-corrected chi connectivity index (χ4v) is 3.01. The molecule has 0 spiro atoms. The maximum Gasteiger partial charge on any atom is 0.293 e. The van der Waals surface area contributed by atoms with E-state index in [4.69, 9.17) is 4.52 Å². The number of aromatic nitrogens is 6. The summed E-state index contributed by atoms with van der Waals surface area (Å²) in [6, 6.07) is 5.93. The summed E-state index contributed by atoms with van der Waals surface area (Å²) in [5, 5.41) is 18.2. The van der Waals surface area contributed by atoms with Gasteiger partial charge in [-0.1, -0.05) is 18.1 Å². The highest BCUT2D eigenvalue weighted by Gasteiger charge is 2.26. The number of hydrogen-bond acceptors (Lipinski definition) is 7. The van der Waals surface area contributed by atoms with E-state index in [1.165, 1.54) is 10.4 Å². The molecule has 1 N–H and O–H groups in total. The van der Waals surface area contributed by atoms with Crippen molar-refractivity contribution in [1.29, 1.82) is 0 Å². The number of tetrazole rings is 1. The summed E-state index contributed by atoms with van der Waals surface area (Å²) in [6.07, 6.45) is 2.44. The Morgan fingerprint density at radius 3 is 3.04 bits per heavy atom. The van der Waals surface area contributed by atoms with Crippen molar-refractivity contribution >= 4 is 5.91 Å². The molecule has 0 saturated carbocycles. The van der Waals surface area contributed by atoms with E-state index in [0.29, 0.717) is 11.7 Å². The zero-order valence-electron chi connectivity index (χ0n) is 13.9. The van der Waals surface area contributed by atoms with Gasteiger partial charge < -0.3 is 9.84 Å². The lowest BCUT2D eigenvalue weighted by atomic mass is 10.0. The molecule has 25 heavy (non-hydrogen) atoms. The van der Waals surface area contributed by atoms with E-state index >= 15 is 0 Å². The largest absolute Gasteiger partial charge is 0.342 e. The molecule has 3 aromatic rings. The molecule has 128 valence electrons. The van der Waals surface area contributed by atoms with Crippen molar-refractivity contribution in [3.63, 3.8) is 0 Å². The number of hydrogen-bond donors (Lipinski definition) is 1. The highest BCUT2D eigenvalue weighted by molar-refractivity contribution is 5.90. The summed E-state index contributed by atoms with van der Waals surface area (Å²) < 4.78 is 5.30. The summed E-state index contributed by atoms with van der Waals surface area (Å²) in [7, 11) is 1.62. The molecule has 9 nitrogen and oxygen atoms in total. The van der Waals surface area contributed by atoms with Gasteiger partial charge >= 0.3 is 0 Å².